The van der Waals surface area contributed by atoms with E-state index in [-0.39, 0.29) is 21.7 Å². The van der Waals surface area contributed by atoms with Crippen molar-refractivity contribution in [2.75, 3.05) is 0 Å². The molecule has 1 aliphatic rings. The van der Waals surface area contributed by atoms with Crippen LogP contribution in [-0.2, 0) is 10.1 Å². The number of hydrogen-bond donors (Lipinski definition) is 1. The van der Waals surface area contributed by atoms with Crippen LogP contribution in [0.3, 0.4) is 0 Å². The summed E-state index contributed by atoms with van der Waals surface area (Å²) in [6.07, 6.45) is 7.60. The molecule has 222 valence electrons. The summed E-state index contributed by atoms with van der Waals surface area (Å²) < 4.78 is 33.7. The maximum Gasteiger partial charge on any atom is 0.270 e. The van der Waals surface area contributed by atoms with Gasteiger partial charge >= 0.3 is 0 Å². The van der Waals surface area contributed by atoms with Crippen LogP contribution in [0.5, 0.6) is 0 Å². The first-order valence-corrected chi connectivity index (χ1v) is 16.7. The third-order valence-electron chi connectivity index (χ3n) is 10.3. The lowest BCUT2D eigenvalue weighted by atomic mass is 9.45. The molecule has 1 rings (SSSR count). The van der Waals surface area contributed by atoms with E-state index < -0.39 is 14.9 Å². The molecule has 1 saturated carbocycles. The average Bonchev–Trinajstić information content (AvgIpc) is 2.63. The van der Waals surface area contributed by atoms with Gasteiger partial charge in [0.1, 0.15) is 0 Å². The van der Waals surface area contributed by atoms with Crippen LogP contribution < -0.4 is 0 Å². The van der Waals surface area contributed by atoms with Crippen LogP contribution in [0.2, 0.25) is 0 Å². The zero-order chi connectivity index (χ0) is 29.4. The molecule has 1 N–H and O–H groups in total. The Morgan fingerprint density at radius 1 is 0.649 bits per heavy atom. The molecule has 0 heterocycles. The minimum Gasteiger partial charge on any atom is -0.285 e. The molecule has 0 aromatic heterocycles. The maximum atomic E-state index is 12.4. The molecule has 1 fully saturated rings. The SMILES string of the molecule is CCCC(C)(C)C1CC(C(C)(C)CC(C)C)C(C(C)(C)CC(C)C)CC1C(C)(C)CC(C)(C)S(=O)(=O)O. The zero-order valence-electron chi connectivity index (χ0n) is 27.6. The molecule has 37 heavy (non-hydrogen) atoms. The topological polar surface area (TPSA) is 54.4 Å². The molecule has 4 unspecified atom stereocenters. The second kappa shape index (κ2) is 11.8. The molecule has 3 nitrogen and oxygen atoms in total. The Balaban J connectivity index is 3.76. The van der Waals surface area contributed by atoms with Gasteiger partial charge in [-0.15, -0.1) is 0 Å². The first kappa shape index (κ1) is 34.9. The van der Waals surface area contributed by atoms with Gasteiger partial charge in [0.15, 0.2) is 0 Å². The Kier molecular flexibility index (Phi) is 11.1. The van der Waals surface area contributed by atoms with Crippen LogP contribution in [0, 0.1) is 57.2 Å². The Bertz CT molecular complexity index is 830. The van der Waals surface area contributed by atoms with Crippen molar-refractivity contribution in [1.82, 2.24) is 0 Å². The molecule has 4 atom stereocenters. The van der Waals surface area contributed by atoms with Crippen molar-refractivity contribution in [2.45, 2.75) is 154 Å². The first-order chi connectivity index (χ1) is 16.3. The summed E-state index contributed by atoms with van der Waals surface area (Å²) in [4.78, 5) is 0. The van der Waals surface area contributed by atoms with Crippen molar-refractivity contribution in [3.8, 4) is 0 Å². The van der Waals surface area contributed by atoms with Crippen molar-refractivity contribution < 1.29 is 13.0 Å². The highest BCUT2D eigenvalue weighted by Crippen LogP contribution is 2.62. The average molecular weight is 543 g/mol. The van der Waals surface area contributed by atoms with Crippen LogP contribution in [0.4, 0.5) is 0 Å². The van der Waals surface area contributed by atoms with Gasteiger partial charge in [-0.1, -0.05) is 96.4 Å². The summed E-state index contributed by atoms with van der Waals surface area (Å²) in [5, 5.41) is 0. The van der Waals surface area contributed by atoms with Gasteiger partial charge in [-0.05, 0) is 110 Å². The summed E-state index contributed by atoms with van der Waals surface area (Å²) in [7, 11) is -4.14. The Morgan fingerprint density at radius 2 is 0.973 bits per heavy atom. The molecule has 0 radical (unpaired) electrons. The summed E-state index contributed by atoms with van der Waals surface area (Å²) in [5.41, 5.74) is 0.419. The highest BCUT2D eigenvalue weighted by atomic mass is 32.2. The second-order valence-electron chi connectivity index (χ2n) is 17.2. The van der Waals surface area contributed by atoms with E-state index in [1.54, 1.807) is 13.8 Å². The van der Waals surface area contributed by atoms with Gasteiger partial charge in [0, 0.05) is 0 Å². The minimum atomic E-state index is -4.14. The predicted molar refractivity (Wildman–Crippen MR) is 162 cm³/mol. The van der Waals surface area contributed by atoms with Crippen LogP contribution in [0.1, 0.15) is 149 Å². The largest absolute Gasteiger partial charge is 0.285 e. The van der Waals surface area contributed by atoms with Crippen molar-refractivity contribution >= 4 is 10.1 Å². The standard InChI is InChI=1S/C33H66O3S/c1-16-17-29(6,7)25-18-26(30(8,9)20-23(2)3)27(31(10,11)21-24(4)5)19-28(25)32(12,13)22-33(14,15)37(34,35)36/h23-28H,16-22H2,1-15H3,(H,34,35,36). The fourth-order valence-electron chi connectivity index (χ4n) is 9.22. The normalized spacial score (nSPS) is 25.2. The van der Waals surface area contributed by atoms with Gasteiger partial charge in [-0.2, -0.15) is 8.42 Å². The van der Waals surface area contributed by atoms with Crippen molar-refractivity contribution in [1.29, 1.82) is 0 Å². The fourth-order valence-corrected chi connectivity index (χ4v) is 9.77. The monoisotopic (exact) mass is 542 g/mol. The van der Waals surface area contributed by atoms with Crippen LogP contribution in [-0.4, -0.2) is 17.7 Å². The summed E-state index contributed by atoms with van der Waals surface area (Å²) in [6, 6.07) is 0. The lowest BCUT2D eigenvalue weighted by molar-refractivity contribution is -0.105. The fraction of sp³-hybridized carbons (Fsp3) is 1.00. The molecule has 0 aromatic carbocycles. The molecule has 1 aliphatic carbocycles. The van der Waals surface area contributed by atoms with E-state index in [2.05, 4.69) is 90.0 Å². The van der Waals surface area contributed by atoms with E-state index in [1.165, 1.54) is 25.7 Å². The van der Waals surface area contributed by atoms with Crippen LogP contribution >= 0.6 is 0 Å². The van der Waals surface area contributed by atoms with Crippen LogP contribution in [0.25, 0.3) is 0 Å². The third kappa shape index (κ3) is 8.70. The molecule has 0 bridgehead atoms. The minimum absolute atomic E-state index is 0.179. The Morgan fingerprint density at radius 3 is 1.27 bits per heavy atom. The quantitative estimate of drug-likeness (QED) is 0.235. The number of hydrogen-bond acceptors (Lipinski definition) is 2. The van der Waals surface area contributed by atoms with Gasteiger partial charge in [0.25, 0.3) is 10.1 Å². The molecule has 0 spiro atoms. The predicted octanol–water partition coefficient (Wildman–Crippen LogP) is 10.3. The van der Waals surface area contributed by atoms with Gasteiger partial charge in [-0.3, -0.25) is 4.55 Å². The van der Waals surface area contributed by atoms with Crippen molar-refractivity contribution in [3.05, 3.63) is 0 Å². The molecule has 0 aromatic rings. The Hall–Kier alpha value is -0.0900. The summed E-state index contributed by atoms with van der Waals surface area (Å²) >= 11 is 0. The van der Waals surface area contributed by atoms with E-state index in [0.29, 0.717) is 41.9 Å². The van der Waals surface area contributed by atoms with Gasteiger partial charge < -0.3 is 0 Å². The first-order valence-electron chi connectivity index (χ1n) is 15.3. The molecule has 4 heteroatoms. The lowest BCUT2D eigenvalue weighted by Crippen LogP contribution is -2.53. The van der Waals surface area contributed by atoms with E-state index in [0.717, 1.165) is 12.8 Å². The van der Waals surface area contributed by atoms with E-state index >= 15 is 0 Å². The molecule has 0 saturated heterocycles. The van der Waals surface area contributed by atoms with Gasteiger partial charge in [0.05, 0.1) is 4.75 Å². The second-order valence-corrected chi connectivity index (χ2v) is 19.3. The van der Waals surface area contributed by atoms with Gasteiger partial charge in [-0.25, -0.2) is 0 Å². The van der Waals surface area contributed by atoms with Crippen LogP contribution in [0.15, 0.2) is 0 Å². The van der Waals surface area contributed by atoms with E-state index in [1.807, 2.05) is 0 Å². The highest BCUT2D eigenvalue weighted by Gasteiger charge is 2.55. The summed E-state index contributed by atoms with van der Waals surface area (Å²) in [6.45, 7) is 34.7. The maximum absolute atomic E-state index is 12.4. The van der Waals surface area contributed by atoms with Crippen molar-refractivity contribution in [3.63, 3.8) is 0 Å². The number of rotatable bonds is 13. The van der Waals surface area contributed by atoms with Crippen molar-refractivity contribution in [2.24, 2.45) is 57.2 Å². The highest BCUT2D eigenvalue weighted by molar-refractivity contribution is 7.87. The van der Waals surface area contributed by atoms with Gasteiger partial charge in [0.2, 0.25) is 0 Å². The third-order valence-corrected chi connectivity index (χ3v) is 11.9. The molecule has 0 amide bonds. The molecular formula is C33H66O3S. The molecule has 0 aliphatic heterocycles. The lowest BCUT2D eigenvalue weighted by Gasteiger charge is -2.60. The zero-order valence-corrected chi connectivity index (χ0v) is 28.4. The smallest absolute Gasteiger partial charge is 0.270 e. The van der Waals surface area contributed by atoms with E-state index in [9.17, 15) is 13.0 Å². The molecular weight excluding hydrogens is 476 g/mol. The Labute approximate surface area is 233 Å². The summed E-state index contributed by atoms with van der Waals surface area (Å²) in [5.74, 6) is 3.43. The van der Waals surface area contributed by atoms with E-state index in [4.69, 9.17) is 0 Å².